The number of morpholine rings is 1. The summed E-state index contributed by atoms with van der Waals surface area (Å²) >= 11 is 0. The van der Waals surface area contributed by atoms with E-state index in [1.54, 1.807) is 23.4 Å². The van der Waals surface area contributed by atoms with Gasteiger partial charge < -0.3 is 9.64 Å². The highest BCUT2D eigenvalue weighted by Gasteiger charge is 2.32. The van der Waals surface area contributed by atoms with E-state index in [0.29, 0.717) is 32.0 Å². The lowest BCUT2D eigenvalue weighted by atomic mass is 9.94. The van der Waals surface area contributed by atoms with Crippen LogP contribution in [0.15, 0.2) is 48.8 Å². The summed E-state index contributed by atoms with van der Waals surface area (Å²) in [6, 6.07) is 12.0. The number of aromatic nitrogens is 4. The monoisotopic (exact) mass is 484 g/mol. The number of hydrogen-bond acceptors (Lipinski definition) is 6. The van der Waals surface area contributed by atoms with Crippen LogP contribution in [0.3, 0.4) is 0 Å². The minimum absolute atomic E-state index is 0.247. The number of urea groups is 1. The van der Waals surface area contributed by atoms with Crippen LogP contribution in [0.4, 0.5) is 15.1 Å². The molecular weight excluding hydrogens is 459 g/mol. The van der Waals surface area contributed by atoms with Gasteiger partial charge in [-0.1, -0.05) is 6.07 Å². The Morgan fingerprint density at radius 2 is 1.78 bits per heavy atom. The van der Waals surface area contributed by atoms with Gasteiger partial charge in [-0.15, -0.1) is 0 Å². The first-order chi connectivity index (χ1) is 17.6. The molecule has 1 saturated heterocycles. The lowest BCUT2D eigenvalue weighted by Gasteiger charge is -2.26. The molecule has 1 N–H and O–H groups in total. The van der Waals surface area contributed by atoms with Gasteiger partial charge in [0.15, 0.2) is 0 Å². The molecule has 0 radical (unpaired) electrons. The standard InChI is InChI=1S/C27H25FN6O2/c1-16-21-14-19(6-9-22(21)30-15-29-16)23-24(17-2-3-17)31-26(33-27(35)34-10-12-36-13-11-34)32-25(23)18-4-7-20(28)8-5-18/h4-9,14-15,17H,2-3,10-13H2,1H3,(H,31,32,33,35). The Morgan fingerprint density at radius 3 is 2.53 bits per heavy atom. The lowest BCUT2D eigenvalue weighted by Crippen LogP contribution is -2.43. The third kappa shape index (κ3) is 4.37. The summed E-state index contributed by atoms with van der Waals surface area (Å²) in [5.41, 5.74) is 5.85. The average Bonchev–Trinajstić information content (AvgIpc) is 3.75. The van der Waals surface area contributed by atoms with Gasteiger partial charge in [0.25, 0.3) is 0 Å². The maximum absolute atomic E-state index is 13.8. The molecule has 1 aliphatic heterocycles. The molecule has 2 aromatic heterocycles. The van der Waals surface area contributed by atoms with Crippen molar-refractivity contribution in [3.05, 3.63) is 66.0 Å². The number of benzene rings is 2. The Hall–Kier alpha value is -3.98. The third-order valence-corrected chi connectivity index (χ3v) is 6.66. The summed E-state index contributed by atoms with van der Waals surface area (Å²) in [5.74, 6) is 0.193. The first kappa shape index (κ1) is 22.5. The summed E-state index contributed by atoms with van der Waals surface area (Å²) in [4.78, 5) is 33.0. The van der Waals surface area contributed by atoms with E-state index in [0.717, 1.165) is 51.8 Å². The van der Waals surface area contributed by atoms with Crippen molar-refractivity contribution in [2.45, 2.75) is 25.7 Å². The van der Waals surface area contributed by atoms with E-state index in [-0.39, 0.29) is 23.7 Å². The normalized spacial score (nSPS) is 15.8. The fourth-order valence-corrected chi connectivity index (χ4v) is 4.57. The van der Waals surface area contributed by atoms with Gasteiger partial charge in [0.2, 0.25) is 5.95 Å². The van der Waals surface area contributed by atoms with Crippen LogP contribution in [-0.4, -0.2) is 57.2 Å². The molecule has 1 saturated carbocycles. The van der Waals surface area contributed by atoms with E-state index in [1.807, 2.05) is 19.1 Å². The minimum atomic E-state index is -0.323. The highest BCUT2D eigenvalue weighted by atomic mass is 19.1. The molecule has 182 valence electrons. The smallest absolute Gasteiger partial charge is 0.324 e. The molecule has 3 heterocycles. The van der Waals surface area contributed by atoms with Gasteiger partial charge in [-0.2, -0.15) is 0 Å². The molecule has 8 nitrogen and oxygen atoms in total. The number of ether oxygens (including phenoxy) is 1. The molecule has 1 aliphatic carbocycles. The van der Waals surface area contributed by atoms with E-state index in [9.17, 15) is 9.18 Å². The quantitative estimate of drug-likeness (QED) is 0.441. The van der Waals surface area contributed by atoms with Crippen molar-refractivity contribution in [1.29, 1.82) is 0 Å². The van der Waals surface area contributed by atoms with E-state index in [4.69, 9.17) is 14.7 Å². The van der Waals surface area contributed by atoms with Crippen LogP contribution in [-0.2, 0) is 4.74 Å². The van der Waals surface area contributed by atoms with Gasteiger partial charge in [-0.05, 0) is 61.7 Å². The van der Waals surface area contributed by atoms with Crippen LogP contribution in [0.1, 0.15) is 30.1 Å². The molecule has 0 unspecified atom stereocenters. The van der Waals surface area contributed by atoms with Crippen molar-refractivity contribution in [1.82, 2.24) is 24.8 Å². The van der Waals surface area contributed by atoms with Crippen LogP contribution in [0.5, 0.6) is 0 Å². The zero-order valence-electron chi connectivity index (χ0n) is 19.9. The lowest BCUT2D eigenvalue weighted by molar-refractivity contribution is 0.0564. The number of hydrogen-bond donors (Lipinski definition) is 1. The number of anilines is 1. The number of fused-ring (bicyclic) bond motifs is 1. The summed E-state index contributed by atoms with van der Waals surface area (Å²) in [6.07, 6.45) is 3.59. The number of amides is 2. The van der Waals surface area contributed by atoms with Gasteiger partial charge in [0, 0.05) is 41.2 Å². The predicted molar refractivity (Wildman–Crippen MR) is 134 cm³/mol. The second-order valence-electron chi connectivity index (χ2n) is 9.16. The number of nitrogens with zero attached hydrogens (tertiary/aromatic N) is 5. The zero-order chi connectivity index (χ0) is 24.6. The predicted octanol–water partition coefficient (Wildman–Crippen LogP) is 4.94. The van der Waals surface area contributed by atoms with Crippen molar-refractivity contribution < 1.29 is 13.9 Å². The summed E-state index contributed by atoms with van der Waals surface area (Å²) < 4.78 is 19.2. The Bertz CT molecular complexity index is 1450. The molecule has 2 amide bonds. The number of nitrogens with one attached hydrogen (secondary N) is 1. The average molecular weight is 485 g/mol. The molecular formula is C27H25FN6O2. The number of rotatable bonds is 4. The molecule has 36 heavy (non-hydrogen) atoms. The number of halogens is 1. The van der Waals surface area contributed by atoms with E-state index in [1.165, 1.54) is 12.1 Å². The fourth-order valence-electron chi connectivity index (χ4n) is 4.57. The number of carbonyl (C=O) groups is 1. The topological polar surface area (TPSA) is 93.1 Å². The number of aryl methyl sites for hydroxylation is 1. The fraction of sp³-hybridized carbons (Fsp3) is 0.296. The van der Waals surface area contributed by atoms with Crippen LogP contribution >= 0.6 is 0 Å². The van der Waals surface area contributed by atoms with Crippen molar-refractivity contribution in [3.8, 4) is 22.4 Å². The Kier molecular flexibility index (Phi) is 5.77. The van der Waals surface area contributed by atoms with E-state index < -0.39 is 0 Å². The molecule has 9 heteroatoms. The first-order valence-electron chi connectivity index (χ1n) is 12.1. The SMILES string of the molecule is Cc1ncnc2ccc(-c3c(-c4ccc(F)cc4)nc(NC(=O)N4CCOCC4)nc3C3CC3)cc12. The molecule has 0 bridgehead atoms. The van der Waals surface area contributed by atoms with E-state index in [2.05, 4.69) is 21.4 Å². The zero-order valence-corrected chi connectivity index (χ0v) is 19.9. The highest BCUT2D eigenvalue weighted by Crippen LogP contribution is 2.47. The molecule has 0 spiro atoms. The maximum atomic E-state index is 13.8. The molecule has 4 aromatic rings. The maximum Gasteiger partial charge on any atom is 0.324 e. The van der Waals surface area contributed by atoms with Crippen molar-refractivity contribution in [2.24, 2.45) is 0 Å². The first-order valence-corrected chi connectivity index (χ1v) is 12.1. The minimum Gasteiger partial charge on any atom is -0.378 e. The second-order valence-corrected chi connectivity index (χ2v) is 9.16. The molecule has 2 aliphatic rings. The van der Waals surface area contributed by atoms with Gasteiger partial charge in [-0.3, -0.25) is 5.32 Å². The van der Waals surface area contributed by atoms with Crippen molar-refractivity contribution in [2.75, 3.05) is 31.6 Å². The molecule has 2 aromatic carbocycles. The van der Waals surface area contributed by atoms with Crippen molar-refractivity contribution >= 4 is 22.9 Å². The van der Waals surface area contributed by atoms with Gasteiger partial charge in [0.1, 0.15) is 12.1 Å². The second kappa shape index (κ2) is 9.23. The van der Waals surface area contributed by atoms with Crippen molar-refractivity contribution in [3.63, 3.8) is 0 Å². The van der Waals surface area contributed by atoms with Crippen LogP contribution < -0.4 is 5.32 Å². The van der Waals surface area contributed by atoms with Gasteiger partial charge >= 0.3 is 6.03 Å². The molecule has 0 atom stereocenters. The Labute approximate surface area is 207 Å². The van der Waals surface area contributed by atoms with Crippen LogP contribution in [0, 0.1) is 12.7 Å². The van der Waals surface area contributed by atoms with Crippen LogP contribution in [0.2, 0.25) is 0 Å². The largest absolute Gasteiger partial charge is 0.378 e. The Morgan fingerprint density at radius 1 is 1.03 bits per heavy atom. The molecule has 6 rings (SSSR count). The van der Waals surface area contributed by atoms with E-state index >= 15 is 0 Å². The third-order valence-electron chi connectivity index (χ3n) is 6.66. The summed E-state index contributed by atoms with van der Waals surface area (Å²) in [6.45, 7) is 4.00. The molecule has 2 fully saturated rings. The summed E-state index contributed by atoms with van der Waals surface area (Å²) in [5, 5.41) is 3.84. The van der Waals surface area contributed by atoms with Crippen LogP contribution in [0.25, 0.3) is 33.3 Å². The van der Waals surface area contributed by atoms with Gasteiger partial charge in [-0.25, -0.2) is 29.1 Å². The number of carbonyl (C=O) groups excluding carboxylic acids is 1. The summed E-state index contributed by atoms with van der Waals surface area (Å²) in [7, 11) is 0. The highest BCUT2D eigenvalue weighted by molar-refractivity contribution is 5.92. The van der Waals surface area contributed by atoms with Gasteiger partial charge in [0.05, 0.1) is 30.1 Å². The Balaban J connectivity index is 1.51.